The van der Waals surface area contributed by atoms with Gasteiger partial charge in [0.05, 0.1) is 0 Å². The first kappa shape index (κ1) is 7.29. The normalized spacial score (nSPS) is 10.9. The molecule has 0 bridgehead atoms. The van der Waals surface area contributed by atoms with E-state index in [1.165, 1.54) is 17.5 Å². The van der Waals surface area contributed by atoms with E-state index in [4.69, 9.17) is 0 Å². The van der Waals surface area contributed by atoms with Crippen molar-refractivity contribution in [2.24, 2.45) is 0 Å². The van der Waals surface area contributed by atoms with Crippen LogP contribution in [-0.2, 0) is 6.42 Å². The molecule has 1 aromatic carbocycles. The van der Waals surface area contributed by atoms with E-state index in [9.17, 15) is 0 Å². The third kappa shape index (κ3) is 1.80. The Morgan fingerprint density at radius 1 is 1.00 bits per heavy atom. The van der Waals surface area contributed by atoms with Gasteiger partial charge >= 0.3 is 0 Å². The third-order valence-corrected chi connectivity index (χ3v) is 1.37. The van der Waals surface area contributed by atoms with E-state index in [0.717, 1.165) is 0 Å². The monoisotopic (exact) mass is 248 g/mol. The van der Waals surface area contributed by atoms with E-state index in [1.54, 1.807) is 0 Å². The molecule has 0 atom stereocenters. The average Bonchev–Trinajstić information content (AvgIpc) is 2.69. The lowest BCUT2D eigenvalue weighted by Crippen LogP contribution is -1.48. The average molecular weight is 250 g/mol. The van der Waals surface area contributed by atoms with Crippen LogP contribution in [0.3, 0.4) is 0 Å². The summed E-state index contributed by atoms with van der Waals surface area (Å²) in [6, 6.07) is 8.53. The summed E-state index contributed by atoms with van der Waals surface area (Å²) in [5.41, 5.74) is 3.06. The molecule has 0 N–H and O–H groups in total. The van der Waals surface area contributed by atoms with Crippen LogP contribution < -0.4 is 0 Å². The topological polar surface area (TPSA) is 0 Å². The minimum Gasteiger partial charge on any atom is -0.0620 e. The van der Waals surface area contributed by atoms with Crippen LogP contribution in [0, 0.1) is 0 Å². The Kier molecular flexibility index (Phi) is 2.73. The molecular weight excluding hydrogens is 244 g/mol. The quantitative estimate of drug-likeness (QED) is 0.672. The van der Waals surface area contributed by atoms with Gasteiger partial charge < -0.3 is 0 Å². The van der Waals surface area contributed by atoms with Crippen molar-refractivity contribution in [3.63, 3.8) is 0 Å². The number of fused-ring (bicyclic) bond motifs is 1. The molecule has 48 valence electrons. The van der Waals surface area contributed by atoms with Gasteiger partial charge in [-0.1, -0.05) is 24.3 Å². The van der Waals surface area contributed by atoms with Crippen molar-refractivity contribution in [2.45, 2.75) is 6.42 Å². The number of hydrogen-bond acceptors (Lipinski definition) is 0. The van der Waals surface area contributed by atoms with Crippen molar-refractivity contribution in [1.29, 1.82) is 0 Å². The first-order valence-corrected chi connectivity index (χ1v) is 6.39. The van der Waals surface area contributed by atoms with Crippen LogP contribution >= 0.6 is 28.3 Å². The second-order valence-electron chi connectivity index (χ2n) is 1.95. The summed E-state index contributed by atoms with van der Waals surface area (Å²) in [4.78, 5) is 0. The summed E-state index contributed by atoms with van der Waals surface area (Å²) >= 11 is 5.50. The zero-order valence-corrected chi connectivity index (χ0v) is 7.94. The molecule has 9 heavy (non-hydrogen) atoms. The molecule has 1 aliphatic rings. The molecule has 1 aliphatic carbocycles. The first-order valence-electron chi connectivity index (χ1n) is 2.68. The first-order chi connectivity index (χ1) is 4.47. The van der Waals surface area contributed by atoms with E-state index in [2.05, 4.69) is 52.5 Å². The molecule has 0 radical (unpaired) electrons. The van der Waals surface area contributed by atoms with Crippen LogP contribution in [0.15, 0.2) is 24.3 Å². The van der Waals surface area contributed by atoms with Crippen molar-refractivity contribution in [3.8, 4) is 0 Å². The molecule has 0 amide bonds. The predicted molar refractivity (Wildman–Crippen MR) is 47.1 cm³/mol. The maximum Gasteiger partial charge on any atom is 0 e. The van der Waals surface area contributed by atoms with E-state index in [1.807, 2.05) is 0 Å². The number of hydrogen-bond donors (Lipinski definition) is 0. The molecule has 0 saturated heterocycles. The highest BCUT2D eigenvalue weighted by molar-refractivity contribution is 9.93. The number of rotatable bonds is 0. The Balaban J connectivity index is 0.000000186. The standard InChI is InChI=1S/C7H6.Br2/c1-2-4-7-5-6(7)3-1;1-2/h1-4H,5H2;. The van der Waals surface area contributed by atoms with Gasteiger partial charge in [-0.25, -0.2) is 0 Å². The Bertz CT molecular complexity index is 175. The van der Waals surface area contributed by atoms with Crippen LogP contribution in [0.5, 0.6) is 0 Å². The van der Waals surface area contributed by atoms with E-state index >= 15 is 0 Å². The molecule has 0 aromatic heterocycles. The molecule has 0 saturated carbocycles. The van der Waals surface area contributed by atoms with Gasteiger partial charge in [0.2, 0.25) is 0 Å². The minimum absolute atomic E-state index is 1.24. The summed E-state index contributed by atoms with van der Waals surface area (Å²) < 4.78 is 0. The highest BCUT2D eigenvalue weighted by Gasteiger charge is 2.12. The van der Waals surface area contributed by atoms with Crippen molar-refractivity contribution < 1.29 is 0 Å². The molecular formula is C7H6Br2. The van der Waals surface area contributed by atoms with Gasteiger partial charge in [0, 0.05) is 28.3 Å². The van der Waals surface area contributed by atoms with Gasteiger partial charge in [-0.05, 0) is 17.5 Å². The Morgan fingerprint density at radius 2 is 1.44 bits per heavy atom. The maximum atomic E-state index is 2.75. The van der Waals surface area contributed by atoms with Crippen molar-refractivity contribution in [1.82, 2.24) is 0 Å². The maximum absolute atomic E-state index is 2.75. The number of benzene rings is 1. The molecule has 0 nitrogen and oxygen atoms in total. The Morgan fingerprint density at radius 3 is 1.78 bits per heavy atom. The largest absolute Gasteiger partial charge is 0.0620 e. The summed E-state index contributed by atoms with van der Waals surface area (Å²) in [5, 5.41) is 0. The molecule has 0 spiro atoms. The Labute approximate surface area is 70.1 Å². The fourth-order valence-electron chi connectivity index (χ4n) is 0.836. The van der Waals surface area contributed by atoms with Gasteiger partial charge in [-0.2, -0.15) is 0 Å². The van der Waals surface area contributed by atoms with Crippen LogP contribution in [0.4, 0.5) is 0 Å². The lowest BCUT2D eigenvalue weighted by molar-refractivity contribution is 1.61. The van der Waals surface area contributed by atoms with Crippen LogP contribution in [0.1, 0.15) is 11.1 Å². The van der Waals surface area contributed by atoms with Gasteiger partial charge in [-0.3, -0.25) is 0 Å². The van der Waals surface area contributed by atoms with Crippen LogP contribution in [-0.4, -0.2) is 0 Å². The summed E-state index contributed by atoms with van der Waals surface area (Å²) in [6.07, 6.45) is 1.24. The fraction of sp³-hybridized carbons (Fsp3) is 0.143. The molecule has 0 fully saturated rings. The van der Waals surface area contributed by atoms with Gasteiger partial charge in [0.1, 0.15) is 0 Å². The lowest BCUT2D eigenvalue weighted by Gasteiger charge is -1.69. The van der Waals surface area contributed by atoms with Gasteiger partial charge in [0.25, 0.3) is 0 Å². The zero-order chi connectivity index (χ0) is 6.69. The van der Waals surface area contributed by atoms with E-state index in [0.29, 0.717) is 0 Å². The molecule has 2 rings (SSSR count). The SMILES string of the molecule is BrBr.c1ccc2c(c1)C2. The fourth-order valence-corrected chi connectivity index (χ4v) is 0.836. The lowest BCUT2D eigenvalue weighted by atomic mass is 10.4. The molecule has 0 unspecified atom stereocenters. The second-order valence-corrected chi connectivity index (χ2v) is 1.95. The highest BCUT2D eigenvalue weighted by Crippen LogP contribution is 2.25. The second kappa shape index (κ2) is 3.37. The van der Waals surface area contributed by atoms with Crippen LogP contribution in [0.25, 0.3) is 0 Å². The smallest absolute Gasteiger partial charge is 0 e. The highest BCUT2D eigenvalue weighted by atomic mass is 80.9. The van der Waals surface area contributed by atoms with Gasteiger partial charge in [-0.15, -0.1) is 0 Å². The van der Waals surface area contributed by atoms with Gasteiger partial charge in [0.15, 0.2) is 0 Å². The van der Waals surface area contributed by atoms with E-state index in [-0.39, 0.29) is 0 Å². The summed E-state index contributed by atoms with van der Waals surface area (Å²) in [7, 11) is 0. The molecule has 0 aliphatic heterocycles. The summed E-state index contributed by atoms with van der Waals surface area (Å²) in [5.74, 6) is 0. The molecule has 2 heteroatoms. The summed E-state index contributed by atoms with van der Waals surface area (Å²) in [6.45, 7) is 0. The van der Waals surface area contributed by atoms with Crippen molar-refractivity contribution in [3.05, 3.63) is 35.4 Å². The van der Waals surface area contributed by atoms with Crippen molar-refractivity contribution >= 4 is 28.3 Å². The third-order valence-electron chi connectivity index (χ3n) is 1.37. The zero-order valence-electron chi connectivity index (χ0n) is 4.77. The van der Waals surface area contributed by atoms with Crippen molar-refractivity contribution in [2.75, 3.05) is 0 Å². The molecule has 0 heterocycles. The minimum atomic E-state index is 1.24. The van der Waals surface area contributed by atoms with E-state index < -0.39 is 0 Å². The van der Waals surface area contributed by atoms with Crippen LogP contribution in [0.2, 0.25) is 0 Å². The predicted octanol–water partition coefficient (Wildman–Crippen LogP) is 3.28. The molecule has 1 aromatic rings. The Hall–Kier alpha value is 0.180. The number of halogens is 2.